The Balaban J connectivity index is 1.31. The monoisotopic (exact) mass is 611 g/mol. The van der Waals surface area contributed by atoms with Crippen molar-refractivity contribution in [2.45, 2.75) is 39.3 Å². The van der Waals surface area contributed by atoms with Crippen LogP contribution in [-0.4, -0.2) is 36.3 Å². The molecule has 6 rings (SSSR count). The summed E-state index contributed by atoms with van der Waals surface area (Å²) in [6, 6.07) is 31.1. The van der Waals surface area contributed by atoms with E-state index < -0.39 is 11.9 Å². The Kier molecular flexibility index (Phi) is 8.61. The average molecular weight is 612 g/mol. The molecule has 4 aromatic carbocycles. The third-order valence-electron chi connectivity index (χ3n) is 8.24. The van der Waals surface area contributed by atoms with Gasteiger partial charge in [-0.1, -0.05) is 98.3 Å². The first-order valence-electron chi connectivity index (χ1n) is 15.3. The molecule has 0 aliphatic carbocycles. The summed E-state index contributed by atoms with van der Waals surface area (Å²) in [4.78, 5) is 42.3. The average Bonchev–Trinajstić information content (AvgIpc) is 3.43. The second kappa shape index (κ2) is 13.1. The van der Waals surface area contributed by atoms with Crippen LogP contribution in [0.4, 0.5) is 0 Å². The summed E-state index contributed by atoms with van der Waals surface area (Å²) in [5, 5.41) is 19.2. The molecule has 8 heteroatoms. The third kappa shape index (κ3) is 6.10. The van der Waals surface area contributed by atoms with Crippen LogP contribution >= 0.6 is 0 Å². The van der Waals surface area contributed by atoms with Gasteiger partial charge in [-0.15, -0.1) is 0 Å². The van der Waals surface area contributed by atoms with Crippen molar-refractivity contribution in [3.63, 3.8) is 0 Å². The summed E-state index contributed by atoms with van der Waals surface area (Å²) in [5.74, 6) is -1.09. The molecule has 0 amide bonds. The van der Waals surface area contributed by atoms with Crippen molar-refractivity contribution in [2.24, 2.45) is 0 Å². The van der Waals surface area contributed by atoms with E-state index in [1.54, 1.807) is 47.2 Å². The second-order valence-corrected chi connectivity index (χ2v) is 11.3. The van der Waals surface area contributed by atoms with Crippen LogP contribution in [0.15, 0.2) is 114 Å². The standard InChI is InChI=1S/C38H33N3O5/c1-2-3-12-34-39-33-21-22-40(23-25-13-17-27(18-14-25)29-8-4-6-10-31(29)37(43)44)36(42)35(33)41(34)24-26-15-19-28(20-16-26)30-9-5-7-11-32(30)38(45)46/h4-11,13-22H,2-3,12,23-24H2,1H3,(H,43,44)(H,45,46). The Morgan fingerprint density at radius 3 is 1.74 bits per heavy atom. The molecule has 0 unspecified atom stereocenters. The molecule has 6 aromatic rings. The van der Waals surface area contributed by atoms with Gasteiger partial charge in [0.2, 0.25) is 0 Å². The molecule has 2 aromatic heterocycles. The summed E-state index contributed by atoms with van der Waals surface area (Å²) in [6.45, 7) is 2.93. The van der Waals surface area contributed by atoms with Crippen LogP contribution in [0.5, 0.6) is 0 Å². The molecule has 0 fully saturated rings. The van der Waals surface area contributed by atoms with Crippen molar-refractivity contribution in [3.05, 3.63) is 148 Å². The number of rotatable bonds is 11. The highest BCUT2D eigenvalue weighted by molar-refractivity contribution is 5.96. The molecule has 0 radical (unpaired) electrons. The van der Waals surface area contributed by atoms with Crippen LogP contribution in [0.25, 0.3) is 33.3 Å². The van der Waals surface area contributed by atoms with Crippen LogP contribution in [0.3, 0.4) is 0 Å². The maximum atomic E-state index is 14.0. The summed E-state index contributed by atoms with van der Waals surface area (Å²) in [5.41, 5.74) is 6.32. The van der Waals surface area contributed by atoms with Gasteiger partial charge in [-0.2, -0.15) is 0 Å². The van der Waals surface area contributed by atoms with Crippen molar-refractivity contribution in [1.29, 1.82) is 0 Å². The lowest BCUT2D eigenvalue weighted by molar-refractivity contribution is 0.0687. The molecule has 230 valence electrons. The Hall–Kier alpha value is -5.76. The van der Waals surface area contributed by atoms with Crippen LogP contribution in [0.2, 0.25) is 0 Å². The molecule has 8 nitrogen and oxygen atoms in total. The van der Waals surface area contributed by atoms with Crippen LogP contribution in [0, 0.1) is 0 Å². The van der Waals surface area contributed by atoms with Crippen molar-refractivity contribution < 1.29 is 19.8 Å². The number of hydrogen-bond acceptors (Lipinski definition) is 4. The number of carboxylic acids is 2. The van der Waals surface area contributed by atoms with E-state index in [1.807, 2.05) is 71.3 Å². The van der Waals surface area contributed by atoms with Crippen molar-refractivity contribution in [1.82, 2.24) is 14.1 Å². The molecule has 0 spiro atoms. The minimum absolute atomic E-state index is 0.139. The zero-order valence-corrected chi connectivity index (χ0v) is 25.4. The second-order valence-electron chi connectivity index (χ2n) is 11.3. The van der Waals surface area contributed by atoms with Gasteiger partial charge in [0.15, 0.2) is 0 Å². The Bertz CT molecular complexity index is 2110. The number of carboxylic acid groups (broad SMARTS) is 2. The van der Waals surface area contributed by atoms with Gasteiger partial charge in [-0.3, -0.25) is 4.79 Å². The quantitative estimate of drug-likeness (QED) is 0.158. The van der Waals surface area contributed by atoms with Gasteiger partial charge in [-0.25, -0.2) is 14.6 Å². The number of nitrogens with zero attached hydrogens (tertiary/aromatic N) is 3. The molecule has 0 aliphatic heterocycles. The fourth-order valence-corrected chi connectivity index (χ4v) is 5.85. The molecule has 2 N–H and O–H groups in total. The van der Waals surface area contributed by atoms with Gasteiger partial charge < -0.3 is 19.3 Å². The van der Waals surface area contributed by atoms with Crippen molar-refractivity contribution >= 4 is 23.0 Å². The predicted molar refractivity (Wildman–Crippen MR) is 178 cm³/mol. The number of pyridine rings is 1. The van der Waals surface area contributed by atoms with Crippen LogP contribution in [0.1, 0.15) is 57.4 Å². The largest absolute Gasteiger partial charge is 0.478 e. The van der Waals surface area contributed by atoms with Gasteiger partial charge in [-0.05, 0) is 58.0 Å². The number of aromatic carboxylic acids is 2. The lowest BCUT2D eigenvalue weighted by Gasteiger charge is -2.12. The van der Waals surface area contributed by atoms with E-state index in [0.29, 0.717) is 35.2 Å². The Morgan fingerprint density at radius 1 is 0.696 bits per heavy atom. The number of carbonyl (C=O) groups is 2. The fraction of sp³-hybridized carbons (Fsp3) is 0.158. The SMILES string of the molecule is CCCCc1nc2ccn(Cc3ccc(-c4ccccc4C(=O)O)cc3)c(=O)c2n1Cc1ccc(-c2ccccc2C(=O)O)cc1. The van der Waals surface area contributed by atoms with E-state index in [-0.39, 0.29) is 16.7 Å². The number of unbranched alkanes of at least 4 members (excludes halogenated alkanes) is 1. The van der Waals surface area contributed by atoms with Gasteiger partial charge in [0, 0.05) is 19.2 Å². The summed E-state index contributed by atoms with van der Waals surface area (Å²) in [7, 11) is 0. The number of aryl methyl sites for hydroxylation is 1. The first kappa shape index (κ1) is 30.3. The molecule has 0 saturated heterocycles. The van der Waals surface area contributed by atoms with E-state index in [0.717, 1.165) is 47.3 Å². The zero-order chi connectivity index (χ0) is 32.2. The number of fused-ring (bicyclic) bond motifs is 1. The minimum Gasteiger partial charge on any atom is -0.478 e. The molecular weight excluding hydrogens is 578 g/mol. The van der Waals surface area contributed by atoms with E-state index in [9.17, 15) is 24.6 Å². The molecule has 0 atom stereocenters. The highest BCUT2D eigenvalue weighted by Crippen LogP contribution is 2.26. The van der Waals surface area contributed by atoms with Gasteiger partial charge in [0.25, 0.3) is 5.56 Å². The summed E-state index contributed by atoms with van der Waals surface area (Å²) in [6.07, 6.45) is 4.46. The highest BCUT2D eigenvalue weighted by Gasteiger charge is 2.17. The molecule has 0 bridgehead atoms. The number of benzene rings is 4. The maximum absolute atomic E-state index is 14.0. The normalized spacial score (nSPS) is 11.2. The van der Waals surface area contributed by atoms with Gasteiger partial charge in [0.05, 0.1) is 23.2 Å². The summed E-state index contributed by atoms with van der Waals surface area (Å²) >= 11 is 0. The van der Waals surface area contributed by atoms with E-state index in [4.69, 9.17) is 4.98 Å². The van der Waals surface area contributed by atoms with E-state index >= 15 is 0 Å². The lowest BCUT2D eigenvalue weighted by atomic mass is 9.98. The number of imidazole rings is 1. The van der Waals surface area contributed by atoms with Gasteiger partial charge in [0.1, 0.15) is 11.3 Å². The molecule has 0 aliphatic rings. The number of hydrogen-bond donors (Lipinski definition) is 2. The lowest BCUT2D eigenvalue weighted by Crippen LogP contribution is -2.22. The Morgan fingerprint density at radius 2 is 1.22 bits per heavy atom. The first-order valence-corrected chi connectivity index (χ1v) is 15.3. The highest BCUT2D eigenvalue weighted by atomic mass is 16.4. The van der Waals surface area contributed by atoms with Crippen molar-refractivity contribution in [2.75, 3.05) is 0 Å². The van der Waals surface area contributed by atoms with Crippen LogP contribution < -0.4 is 5.56 Å². The van der Waals surface area contributed by atoms with Crippen LogP contribution in [-0.2, 0) is 19.5 Å². The number of aromatic nitrogens is 3. The zero-order valence-electron chi connectivity index (χ0n) is 25.4. The molecular formula is C38H33N3O5. The van der Waals surface area contributed by atoms with E-state index in [2.05, 4.69) is 6.92 Å². The fourth-order valence-electron chi connectivity index (χ4n) is 5.85. The summed E-state index contributed by atoms with van der Waals surface area (Å²) < 4.78 is 3.69. The molecule has 0 saturated carbocycles. The predicted octanol–water partition coefficient (Wildman–Crippen LogP) is 7.37. The molecule has 46 heavy (non-hydrogen) atoms. The minimum atomic E-state index is -0.978. The topological polar surface area (TPSA) is 114 Å². The Labute approximate surface area is 265 Å². The molecule has 2 heterocycles. The third-order valence-corrected chi connectivity index (χ3v) is 8.24. The smallest absolute Gasteiger partial charge is 0.336 e. The first-order chi connectivity index (χ1) is 22.3. The maximum Gasteiger partial charge on any atom is 0.336 e. The van der Waals surface area contributed by atoms with Crippen molar-refractivity contribution in [3.8, 4) is 22.3 Å². The van der Waals surface area contributed by atoms with Gasteiger partial charge >= 0.3 is 11.9 Å². The van der Waals surface area contributed by atoms with E-state index in [1.165, 1.54) is 0 Å².